The van der Waals surface area contributed by atoms with Crippen molar-refractivity contribution in [2.24, 2.45) is 11.5 Å². The predicted molar refractivity (Wildman–Crippen MR) is 61.5 cm³/mol. The fourth-order valence-corrected chi connectivity index (χ4v) is 1.69. The van der Waals surface area contributed by atoms with Gasteiger partial charge in [-0.25, -0.2) is 0 Å². The van der Waals surface area contributed by atoms with E-state index in [9.17, 15) is 9.59 Å². The van der Waals surface area contributed by atoms with E-state index in [1.165, 1.54) is 4.90 Å². The lowest BCUT2D eigenvalue weighted by Crippen LogP contribution is -2.48. The third-order valence-electron chi connectivity index (χ3n) is 2.47. The van der Waals surface area contributed by atoms with E-state index in [2.05, 4.69) is 0 Å². The van der Waals surface area contributed by atoms with Gasteiger partial charge < -0.3 is 16.2 Å². The molecule has 0 saturated heterocycles. The van der Waals surface area contributed by atoms with E-state index >= 15 is 0 Å². The molecule has 1 aliphatic heterocycles. The summed E-state index contributed by atoms with van der Waals surface area (Å²) < 4.78 is 5.40. The summed E-state index contributed by atoms with van der Waals surface area (Å²) in [7, 11) is 0. The van der Waals surface area contributed by atoms with E-state index < -0.39 is 11.9 Å². The molecular weight excluding hydrogens is 222 g/mol. The number of para-hydroxylation sites is 2. The number of primary amides is 1. The van der Waals surface area contributed by atoms with Gasteiger partial charge in [-0.2, -0.15) is 0 Å². The summed E-state index contributed by atoms with van der Waals surface area (Å²) in [5.74, 6) is -0.439. The Balaban J connectivity index is 2.43. The molecule has 2 amide bonds. The lowest BCUT2D eigenvalue weighted by atomic mass is 10.2. The summed E-state index contributed by atoms with van der Waals surface area (Å²) in [6, 6.07) is 6.15. The van der Waals surface area contributed by atoms with Crippen molar-refractivity contribution in [3.8, 4) is 5.75 Å². The first-order valence-corrected chi connectivity index (χ1v) is 5.16. The Hall–Kier alpha value is -2.08. The zero-order chi connectivity index (χ0) is 12.4. The van der Waals surface area contributed by atoms with Crippen molar-refractivity contribution in [3.05, 3.63) is 24.3 Å². The van der Waals surface area contributed by atoms with Crippen molar-refractivity contribution >= 4 is 17.5 Å². The van der Waals surface area contributed by atoms with Crippen LogP contribution in [-0.4, -0.2) is 31.0 Å². The molecule has 1 aromatic rings. The van der Waals surface area contributed by atoms with E-state index in [1.807, 2.05) is 0 Å². The highest BCUT2D eigenvalue weighted by atomic mass is 16.5. The summed E-state index contributed by atoms with van der Waals surface area (Å²) in [6.07, 6.45) is 0. The average Bonchev–Trinajstić information content (AvgIpc) is 2.42. The van der Waals surface area contributed by atoms with Crippen LogP contribution in [0.2, 0.25) is 0 Å². The quantitative estimate of drug-likeness (QED) is 0.702. The van der Waals surface area contributed by atoms with Gasteiger partial charge in [0.15, 0.2) is 0 Å². The van der Waals surface area contributed by atoms with Crippen LogP contribution in [0.3, 0.4) is 0 Å². The van der Waals surface area contributed by atoms with Gasteiger partial charge in [0.05, 0.1) is 5.69 Å². The fourth-order valence-electron chi connectivity index (χ4n) is 1.69. The Labute approximate surface area is 98.1 Å². The molecule has 0 radical (unpaired) electrons. The molecule has 0 spiro atoms. The Kier molecular flexibility index (Phi) is 2.97. The molecular formula is C11H13N3O3. The minimum atomic E-state index is -0.790. The number of carbonyl (C=O) groups is 2. The van der Waals surface area contributed by atoms with Gasteiger partial charge in [0.1, 0.15) is 24.9 Å². The standard InChI is InChI=1S/C11H13N3O3/c12-7-6-17-9-4-2-1-3-8(9)14(11(7)16)5-10(13)15/h1-4,7H,5-6,12H2,(H2,13,15)/t7-/m0/s1. The second kappa shape index (κ2) is 4.42. The Morgan fingerprint density at radius 3 is 2.88 bits per heavy atom. The molecule has 0 unspecified atom stereocenters. The topological polar surface area (TPSA) is 98.7 Å². The predicted octanol–water partition coefficient (Wildman–Crippen LogP) is -0.775. The van der Waals surface area contributed by atoms with Crippen LogP contribution in [0.1, 0.15) is 0 Å². The molecule has 0 bridgehead atoms. The van der Waals surface area contributed by atoms with Crippen molar-refractivity contribution in [2.45, 2.75) is 6.04 Å². The Bertz CT molecular complexity index is 461. The maximum Gasteiger partial charge on any atom is 0.248 e. The van der Waals surface area contributed by atoms with Crippen LogP contribution in [0.15, 0.2) is 24.3 Å². The van der Waals surface area contributed by atoms with E-state index in [1.54, 1.807) is 24.3 Å². The maximum atomic E-state index is 12.0. The first-order valence-electron chi connectivity index (χ1n) is 5.16. The third-order valence-corrected chi connectivity index (χ3v) is 2.47. The fraction of sp³-hybridized carbons (Fsp3) is 0.273. The molecule has 1 heterocycles. The number of benzene rings is 1. The summed E-state index contributed by atoms with van der Waals surface area (Å²) in [6.45, 7) is -0.113. The van der Waals surface area contributed by atoms with Crippen LogP contribution < -0.4 is 21.1 Å². The van der Waals surface area contributed by atoms with Crippen LogP contribution in [0.25, 0.3) is 0 Å². The highest BCUT2D eigenvalue weighted by molar-refractivity contribution is 6.02. The third kappa shape index (κ3) is 2.21. The van der Waals surface area contributed by atoms with E-state index in [0.29, 0.717) is 11.4 Å². The minimum absolute atomic E-state index is 0.0884. The first-order chi connectivity index (χ1) is 8.09. The van der Waals surface area contributed by atoms with Crippen molar-refractivity contribution in [3.63, 3.8) is 0 Å². The number of rotatable bonds is 2. The molecule has 0 aliphatic carbocycles. The van der Waals surface area contributed by atoms with E-state index in [-0.39, 0.29) is 19.1 Å². The van der Waals surface area contributed by atoms with Gasteiger partial charge in [-0.05, 0) is 12.1 Å². The van der Waals surface area contributed by atoms with Gasteiger partial charge in [0, 0.05) is 0 Å². The van der Waals surface area contributed by atoms with Gasteiger partial charge in [-0.3, -0.25) is 14.5 Å². The highest BCUT2D eigenvalue weighted by Crippen LogP contribution is 2.30. The van der Waals surface area contributed by atoms with Crippen molar-refractivity contribution in [1.29, 1.82) is 0 Å². The van der Waals surface area contributed by atoms with Gasteiger partial charge >= 0.3 is 0 Å². The molecule has 90 valence electrons. The largest absolute Gasteiger partial charge is 0.489 e. The zero-order valence-corrected chi connectivity index (χ0v) is 9.13. The molecule has 1 aliphatic rings. The zero-order valence-electron chi connectivity index (χ0n) is 9.13. The average molecular weight is 235 g/mol. The number of nitrogens with zero attached hydrogens (tertiary/aromatic N) is 1. The van der Waals surface area contributed by atoms with Crippen molar-refractivity contribution in [2.75, 3.05) is 18.1 Å². The molecule has 0 fully saturated rings. The Morgan fingerprint density at radius 2 is 2.18 bits per heavy atom. The minimum Gasteiger partial charge on any atom is -0.489 e. The normalized spacial score (nSPS) is 19.2. The van der Waals surface area contributed by atoms with Crippen LogP contribution in [0, 0.1) is 0 Å². The summed E-state index contributed by atoms with van der Waals surface area (Å²) in [5, 5.41) is 0. The summed E-state index contributed by atoms with van der Waals surface area (Å²) >= 11 is 0. The number of nitrogens with two attached hydrogens (primary N) is 2. The Morgan fingerprint density at radius 1 is 1.47 bits per heavy atom. The van der Waals surface area contributed by atoms with Crippen molar-refractivity contribution in [1.82, 2.24) is 0 Å². The molecule has 0 saturated carbocycles. The van der Waals surface area contributed by atoms with Crippen LogP contribution in [0.5, 0.6) is 5.75 Å². The van der Waals surface area contributed by atoms with Gasteiger partial charge in [0.2, 0.25) is 11.8 Å². The number of fused-ring (bicyclic) bond motifs is 1. The lowest BCUT2D eigenvalue weighted by Gasteiger charge is -2.21. The number of hydrogen-bond donors (Lipinski definition) is 2. The van der Waals surface area contributed by atoms with Crippen LogP contribution >= 0.6 is 0 Å². The van der Waals surface area contributed by atoms with Crippen molar-refractivity contribution < 1.29 is 14.3 Å². The molecule has 4 N–H and O–H groups in total. The molecule has 1 atom stereocenters. The lowest BCUT2D eigenvalue weighted by molar-refractivity contribution is -0.123. The highest BCUT2D eigenvalue weighted by Gasteiger charge is 2.29. The molecule has 0 aromatic heterocycles. The number of amides is 2. The summed E-state index contributed by atoms with van der Waals surface area (Å²) in [4.78, 5) is 24.2. The van der Waals surface area contributed by atoms with Crippen LogP contribution in [-0.2, 0) is 9.59 Å². The van der Waals surface area contributed by atoms with Crippen LogP contribution in [0.4, 0.5) is 5.69 Å². The van der Waals surface area contributed by atoms with Gasteiger partial charge in [-0.15, -0.1) is 0 Å². The monoisotopic (exact) mass is 235 g/mol. The SMILES string of the molecule is NC(=O)CN1C(=O)[C@@H](N)COc2ccccc21. The second-order valence-electron chi connectivity index (χ2n) is 3.78. The number of anilines is 1. The van der Waals surface area contributed by atoms with Gasteiger partial charge in [-0.1, -0.05) is 12.1 Å². The second-order valence-corrected chi connectivity index (χ2v) is 3.78. The molecule has 1 aromatic carbocycles. The smallest absolute Gasteiger partial charge is 0.248 e. The number of ether oxygens (including phenoxy) is 1. The van der Waals surface area contributed by atoms with E-state index in [0.717, 1.165) is 0 Å². The molecule has 6 nitrogen and oxygen atoms in total. The first kappa shape index (κ1) is 11.4. The molecule has 6 heteroatoms. The summed E-state index contributed by atoms with van der Waals surface area (Å²) in [5.41, 5.74) is 11.3. The van der Waals surface area contributed by atoms with Gasteiger partial charge in [0.25, 0.3) is 0 Å². The number of carbonyl (C=O) groups excluding carboxylic acids is 2. The number of hydrogen-bond acceptors (Lipinski definition) is 4. The van der Waals surface area contributed by atoms with E-state index in [4.69, 9.17) is 16.2 Å². The molecule has 2 rings (SSSR count). The molecule has 17 heavy (non-hydrogen) atoms. The maximum absolute atomic E-state index is 12.0.